The number of halogens is 1. The van der Waals surface area contributed by atoms with Gasteiger partial charge < -0.3 is 5.32 Å². The van der Waals surface area contributed by atoms with E-state index < -0.39 is 4.92 Å². The van der Waals surface area contributed by atoms with Gasteiger partial charge in [0.25, 0.3) is 11.6 Å². The van der Waals surface area contributed by atoms with Gasteiger partial charge in [-0.05, 0) is 49.0 Å². The molecule has 1 amide bonds. The van der Waals surface area contributed by atoms with Gasteiger partial charge in [0.05, 0.1) is 4.92 Å². The Labute approximate surface area is 146 Å². The molecule has 118 valence electrons. The summed E-state index contributed by atoms with van der Waals surface area (Å²) in [6, 6.07) is 11.2. The second kappa shape index (κ2) is 7.30. The molecule has 6 nitrogen and oxygen atoms in total. The van der Waals surface area contributed by atoms with E-state index in [2.05, 4.69) is 26.6 Å². The van der Waals surface area contributed by atoms with Crippen LogP contribution in [0, 0.1) is 17.0 Å². The van der Waals surface area contributed by atoms with Crippen molar-refractivity contribution in [3.63, 3.8) is 0 Å². The Hall–Kier alpha value is -2.32. The summed E-state index contributed by atoms with van der Waals surface area (Å²) in [6.07, 6.45) is 0. The largest absolute Gasteiger partial charge is 0.332 e. The average molecular weight is 394 g/mol. The third kappa shape index (κ3) is 4.57. The summed E-state index contributed by atoms with van der Waals surface area (Å²) < 4.78 is 0.863. The van der Waals surface area contributed by atoms with Gasteiger partial charge in [0.15, 0.2) is 5.11 Å². The molecular formula is C15H12BrN3O3S. The molecule has 2 aromatic carbocycles. The number of nitro groups is 1. The highest BCUT2D eigenvalue weighted by molar-refractivity contribution is 9.10. The zero-order valence-corrected chi connectivity index (χ0v) is 14.4. The van der Waals surface area contributed by atoms with Gasteiger partial charge >= 0.3 is 0 Å². The fourth-order valence-corrected chi connectivity index (χ4v) is 2.26. The molecule has 0 atom stereocenters. The molecular weight excluding hydrogens is 382 g/mol. The van der Waals surface area contributed by atoms with Crippen molar-refractivity contribution in [2.24, 2.45) is 0 Å². The Bertz CT molecular complexity index is 778. The first kappa shape index (κ1) is 17.0. The molecule has 2 N–H and O–H groups in total. The van der Waals surface area contributed by atoms with E-state index in [-0.39, 0.29) is 16.7 Å². The number of anilines is 1. The summed E-state index contributed by atoms with van der Waals surface area (Å²) in [5.41, 5.74) is 1.64. The highest BCUT2D eigenvalue weighted by Gasteiger charge is 2.12. The molecule has 0 aliphatic rings. The van der Waals surface area contributed by atoms with Gasteiger partial charge in [-0.25, -0.2) is 0 Å². The molecule has 0 radical (unpaired) electrons. The van der Waals surface area contributed by atoms with Crippen LogP contribution in [0.1, 0.15) is 15.9 Å². The molecule has 0 spiro atoms. The number of carbonyl (C=O) groups is 1. The predicted molar refractivity (Wildman–Crippen MR) is 95.7 cm³/mol. The molecule has 0 heterocycles. The van der Waals surface area contributed by atoms with Gasteiger partial charge in [-0.2, -0.15) is 0 Å². The number of rotatable bonds is 3. The monoisotopic (exact) mass is 393 g/mol. The topological polar surface area (TPSA) is 84.3 Å². The molecule has 2 rings (SSSR count). The maximum absolute atomic E-state index is 12.1. The molecule has 23 heavy (non-hydrogen) atoms. The van der Waals surface area contributed by atoms with Crippen LogP contribution in [0.15, 0.2) is 46.9 Å². The summed E-state index contributed by atoms with van der Waals surface area (Å²) in [4.78, 5) is 22.4. The van der Waals surface area contributed by atoms with Gasteiger partial charge in [0, 0.05) is 27.9 Å². The first-order valence-electron chi connectivity index (χ1n) is 6.50. The fraction of sp³-hybridized carbons (Fsp3) is 0.0667. The Morgan fingerprint density at radius 3 is 2.48 bits per heavy atom. The Balaban J connectivity index is 2.07. The van der Waals surface area contributed by atoms with Crippen molar-refractivity contribution in [1.29, 1.82) is 0 Å². The number of nitrogens with zero attached hydrogens (tertiary/aromatic N) is 1. The number of thiocarbonyl (C=S) groups is 1. The Morgan fingerprint density at radius 1 is 1.22 bits per heavy atom. The molecule has 0 aliphatic carbocycles. The Morgan fingerprint density at radius 2 is 1.87 bits per heavy atom. The molecule has 0 fully saturated rings. The third-order valence-electron chi connectivity index (χ3n) is 3.01. The summed E-state index contributed by atoms with van der Waals surface area (Å²) in [5.74, 6) is -0.363. The standard InChI is InChI=1S/C15H12BrN3O3S/c1-9-2-7-12(19(21)22)8-13(9)17-15(23)18-14(20)10-3-5-11(16)6-4-10/h2-8H,1H3,(H2,17,18,20,23). The fourth-order valence-electron chi connectivity index (χ4n) is 1.79. The van der Waals surface area contributed by atoms with E-state index in [0.717, 1.165) is 10.0 Å². The minimum absolute atomic E-state index is 0.0554. The third-order valence-corrected chi connectivity index (χ3v) is 3.75. The molecule has 0 saturated carbocycles. The van der Waals surface area contributed by atoms with Gasteiger partial charge in [-0.3, -0.25) is 20.2 Å². The van der Waals surface area contributed by atoms with Crippen LogP contribution in [0.2, 0.25) is 0 Å². The number of carbonyl (C=O) groups excluding carboxylic acids is 1. The van der Waals surface area contributed by atoms with E-state index in [0.29, 0.717) is 11.3 Å². The first-order chi connectivity index (χ1) is 10.9. The number of non-ortho nitro benzene ring substituents is 1. The second-order valence-corrected chi connectivity index (χ2v) is 6.00. The molecule has 0 aliphatic heterocycles. The van der Waals surface area contributed by atoms with E-state index in [1.807, 2.05) is 0 Å². The maximum atomic E-state index is 12.1. The minimum atomic E-state index is -0.492. The number of hydrogen-bond acceptors (Lipinski definition) is 4. The van der Waals surface area contributed by atoms with E-state index in [1.54, 1.807) is 37.3 Å². The summed E-state index contributed by atoms with van der Waals surface area (Å²) in [7, 11) is 0. The normalized spacial score (nSPS) is 10.0. The number of hydrogen-bond donors (Lipinski definition) is 2. The van der Waals surface area contributed by atoms with Crippen LogP contribution in [-0.2, 0) is 0 Å². The zero-order valence-electron chi connectivity index (χ0n) is 12.0. The lowest BCUT2D eigenvalue weighted by Crippen LogP contribution is -2.34. The summed E-state index contributed by atoms with van der Waals surface area (Å²) in [6.45, 7) is 1.78. The number of nitrogens with one attached hydrogen (secondary N) is 2. The van der Waals surface area contributed by atoms with E-state index in [1.165, 1.54) is 12.1 Å². The maximum Gasteiger partial charge on any atom is 0.271 e. The Kier molecular flexibility index (Phi) is 5.41. The van der Waals surface area contributed by atoms with Crippen LogP contribution in [0.4, 0.5) is 11.4 Å². The molecule has 0 aromatic heterocycles. The van der Waals surface area contributed by atoms with Gasteiger partial charge in [-0.15, -0.1) is 0 Å². The average Bonchev–Trinajstić information content (AvgIpc) is 2.49. The number of benzene rings is 2. The first-order valence-corrected chi connectivity index (χ1v) is 7.70. The van der Waals surface area contributed by atoms with Crippen molar-refractivity contribution in [3.8, 4) is 0 Å². The lowest BCUT2D eigenvalue weighted by molar-refractivity contribution is -0.384. The van der Waals surface area contributed by atoms with E-state index in [4.69, 9.17) is 12.2 Å². The molecule has 0 saturated heterocycles. The number of aryl methyl sites for hydroxylation is 1. The summed E-state index contributed by atoms with van der Waals surface area (Å²) >= 11 is 8.38. The molecule has 8 heteroatoms. The highest BCUT2D eigenvalue weighted by Crippen LogP contribution is 2.21. The van der Waals surface area contributed by atoms with Crippen molar-refractivity contribution >= 4 is 50.5 Å². The van der Waals surface area contributed by atoms with Crippen molar-refractivity contribution in [2.75, 3.05) is 5.32 Å². The smallest absolute Gasteiger partial charge is 0.271 e. The van der Waals surface area contributed by atoms with Crippen molar-refractivity contribution in [3.05, 3.63) is 68.2 Å². The van der Waals surface area contributed by atoms with Crippen molar-refractivity contribution in [2.45, 2.75) is 6.92 Å². The van der Waals surface area contributed by atoms with Crippen LogP contribution in [0.3, 0.4) is 0 Å². The van der Waals surface area contributed by atoms with Crippen LogP contribution < -0.4 is 10.6 Å². The van der Waals surface area contributed by atoms with Crippen LogP contribution in [0.25, 0.3) is 0 Å². The lowest BCUT2D eigenvalue weighted by atomic mass is 10.2. The van der Waals surface area contributed by atoms with Crippen LogP contribution in [0.5, 0.6) is 0 Å². The molecule has 0 unspecified atom stereocenters. The van der Waals surface area contributed by atoms with Crippen LogP contribution in [-0.4, -0.2) is 15.9 Å². The quantitative estimate of drug-likeness (QED) is 0.470. The molecule has 0 bridgehead atoms. The molecule has 2 aromatic rings. The highest BCUT2D eigenvalue weighted by atomic mass is 79.9. The number of nitro benzene ring substituents is 1. The van der Waals surface area contributed by atoms with Crippen molar-refractivity contribution < 1.29 is 9.72 Å². The minimum Gasteiger partial charge on any atom is -0.332 e. The van der Waals surface area contributed by atoms with Gasteiger partial charge in [0.2, 0.25) is 0 Å². The SMILES string of the molecule is Cc1ccc([N+](=O)[O-])cc1NC(=S)NC(=O)c1ccc(Br)cc1. The van der Waals surface area contributed by atoms with Gasteiger partial charge in [0.1, 0.15) is 0 Å². The summed E-state index contributed by atoms with van der Waals surface area (Å²) in [5, 5.41) is 16.2. The van der Waals surface area contributed by atoms with Crippen molar-refractivity contribution in [1.82, 2.24) is 5.32 Å². The lowest BCUT2D eigenvalue weighted by Gasteiger charge is -2.11. The predicted octanol–water partition coefficient (Wildman–Crippen LogP) is 3.79. The van der Waals surface area contributed by atoms with Crippen LogP contribution >= 0.6 is 28.1 Å². The zero-order chi connectivity index (χ0) is 17.0. The van der Waals surface area contributed by atoms with E-state index in [9.17, 15) is 14.9 Å². The van der Waals surface area contributed by atoms with Gasteiger partial charge in [-0.1, -0.05) is 22.0 Å². The number of amides is 1. The van der Waals surface area contributed by atoms with E-state index >= 15 is 0 Å². The second-order valence-electron chi connectivity index (χ2n) is 4.67.